The standard InChI is InChI=1S/C22H31N5O2S/c1-15-7-9-27(10-8-15)21(28)14-26-11-12-29-19(13-26)18-5-4-6-20(24-18)25-22-23-16(2)17(3)30-22/h4-6,15,19H,7-14H2,1-3H3,(H,23,24,25)/t19-/m0/s1. The lowest BCUT2D eigenvalue weighted by molar-refractivity contribution is -0.135. The highest BCUT2D eigenvalue weighted by molar-refractivity contribution is 7.15. The Labute approximate surface area is 182 Å². The van der Waals surface area contributed by atoms with Gasteiger partial charge in [0, 0.05) is 31.1 Å². The van der Waals surface area contributed by atoms with Crippen molar-refractivity contribution in [2.45, 2.75) is 39.7 Å². The van der Waals surface area contributed by atoms with Crippen LogP contribution < -0.4 is 5.32 Å². The second-order valence-corrected chi connectivity index (χ2v) is 9.59. The molecule has 0 saturated carbocycles. The second kappa shape index (κ2) is 9.41. The van der Waals surface area contributed by atoms with E-state index in [0.717, 1.165) is 60.7 Å². The summed E-state index contributed by atoms with van der Waals surface area (Å²) in [6.45, 7) is 10.7. The summed E-state index contributed by atoms with van der Waals surface area (Å²) in [5.74, 6) is 1.73. The Morgan fingerprint density at radius 3 is 2.77 bits per heavy atom. The molecule has 2 aliphatic heterocycles. The Bertz CT molecular complexity index is 859. The minimum absolute atomic E-state index is 0.130. The van der Waals surface area contributed by atoms with Crippen LogP contribution in [-0.4, -0.2) is 65.0 Å². The molecule has 1 amide bonds. The number of rotatable bonds is 5. The number of hydrogen-bond donors (Lipinski definition) is 1. The number of likely N-dealkylation sites (tertiary alicyclic amines) is 1. The molecule has 0 bridgehead atoms. The molecule has 1 N–H and O–H groups in total. The first-order chi connectivity index (χ1) is 14.5. The van der Waals surface area contributed by atoms with E-state index >= 15 is 0 Å². The van der Waals surface area contributed by atoms with E-state index < -0.39 is 0 Å². The van der Waals surface area contributed by atoms with Crippen molar-refractivity contribution >= 4 is 28.2 Å². The molecule has 30 heavy (non-hydrogen) atoms. The SMILES string of the molecule is Cc1nc(Nc2cccc([C@@H]3CN(CC(=O)N4CCC(C)CC4)CCO3)n2)sc1C. The molecule has 0 aromatic carbocycles. The Hall–Kier alpha value is -2.03. The van der Waals surface area contributed by atoms with Gasteiger partial charge in [0.1, 0.15) is 11.9 Å². The van der Waals surface area contributed by atoms with E-state index in [9.17, 15) is 4.79 Å². The number of ether oxygens (including phenoxy) is 1. The van der Waals surface area contributed by atoms with E-state index in [2.05, 4.69) is 29.0 Å². The first-order valence-corrected chi connectivity index (χ1v) is 11.6. The van der Waals surface area contributed by atoms with Crippen molar-refractivity contribution in [3.63, 3.8) is 0 Å². The molecule has 0 radical (unpaired) electrons. The van der Waals surface area contributed by atoms with E-state index in [1.807, 2.05) is 30.0 Å². The predicted molar refractivity (Wildman–Crippen MR) is 119 cm³/mol. The molecule has 2 fully saturated rings. The van der Waals surface area contributed by atoms with E-state index in [-0.39, 0.29) is 12.0 Å². The summed E-state index contributed by atoms with van der Waals surface area (Å²) in [6.07, 6.45) is 2.09. The van der Waals surface area contributed by atoms with E-state index in [1.165, 1.54) is 4.88 Å². The quantitative estimate of drug-likeness (QED) is 0.784. The Kier molecular flexibility index (Phi) is 6.65. The van der Waals surface area contributed by atoms with Crippen molar-refractivity contribution in [3.8, 4) is 0 Å². The van der Waals surface area contributed by atoms with Crippen LogP contribution in [0.25, 0.3) is 0 Å². The molecule has 4 rings (SSSR count). The molecule has 0 aliphatic carbocycles. The van der Waals surface area contributed by atoms with Crippen molar-refractivity contribution in [1.82, 2.24) is 19.8 Å². The average molecular weight is 430 g/mol. The highest BCUT2D eigenvalue weighted by Crippen LogP contribution is 2.26. The van der Waals surface area contributed by atoms with Crippen LogP contribution in [0.5, 0.6) is 0 Å². The number of carbonyl (C=O) groups excluding carboxylic acids is 1. The molecule has 2 saturated heterocycles. The maximum Gasteiger partial charge on any atom is 0.236 e. The summed E-state index contributed by atoms with van der Waals surface area (Å²) in [6, 6.07) is 5.92. The number of anilines is 2. The van der Waals surface area contributed by atoms with Gasteiger partial charge in [0.2, 0.25) is 5.91 Å². The Morgan fingerprint density at radius 1 is 1.23 bits per heavy atom. The van der Waals surface area contributed by atoms with Crippen molar-refractivity contribution in [2.24, 2.45) is 5.92 Å². The van der Waals surface area contributed by atoms with Crippen LogP contribution in [0.3, 0.4) is 0 Å². The zero-order valence-corrected chi connectivity index (χ0v) is 18.9. The van der Waals surface area contributed by atoms with Gasteiger partial charge in [0.15, 0.2) is 5.13 Å². The molecule has 1 atom stereocenters. The first kappa shape index (κ1) is 21.2. The monoisotopic (exact) mass is 429 g/mol. The van der Waals surface area contributed by atoms with Gasteiger partial charge < -0.3 is 15.0 Å². The van der Waals surface area contributed by atoms with E-state index in [0.29, 0.717) is 19.7 Å². The largest absolute Gasteiger partial charge is 0.369 e. The van der Waals surface area contributed by atoms with Crippen LogP contribution in [0.4, 0.5) is 10.9 Å². The number of aryl methyl sites for hydroxylation is 2. The van der Waals surface area contributed by atoms with Crippen LogP contribution in [0, 0.1) is 19.8 Å². The third-order valence-electron chi connectivity index (χ3n) is 6.01. The topological polar surface area (TPSA) is 70.6 Å². The molecule has 2 aromatic rings. The van der Waals surface area contributed by atoms with Gasteiger partial charge in [-0.25, -0.2) is 9.97 Å². The third-order valence-corrected chi connectivity index (χ3v) is 7.00. The van der Waals surface area contributed by atoms with E-state index in [4.69, 9.17) is 9.72 Å². The summed E-state index contributed by atoms with van der Waals surface area (Å²) in [5.41, 5.74) is 1.92. The van der Waals surface area contributed by atoms with Crippen LogP contribution in [0.1, 0.15) is 42.1 Å². The number of carbonyl (C=O) groups is 1. The molecule has 2 aliphatic rings. The molecular weight excluding hydrogens is 398 g/mol. The fourth-order valence-electron chi connectivity index (χ4n) is 3.91. The number of pyridine rings is 1. The van der Waals surface area contributed by atoms with Gasteiger partial charge in [0.25, 0.3) is 0 Å². The first-order valence-electron chi connectivity index (χ1n) is 10.8. The summed E-state index contributed by atoms with van der Waals surface area (Å²) in [5, 5.41) is 4.15. The molecule has 0 spiro atoms. The molecule has 162 valence electrons. The number of hydrogen-bond acceptors (Lipinski definition) is 7. The zero-order valence-electron chi connectivity index (χ0n) is 18.1. The average Bonchev–Trinajstić information content (AvgIpc) is 3.05. The summed E-state index contributed by atoms with van der Waals surface area (Å²) in [7, 11) is 0. The van der Waals surface area contributed by atoms with Gasteiger partial charge in [-0.05, 0) is 44.7 Å². The van der Waals surface area contributed by atoms with Gasteiger partial charge in [-0.2, -0.15) is 0 Å². The number of thiazole rings is 1. The lowest BCUT2D eigenvalue weighted by atomic mass is 9.99. The van der Waals surface area contributed by atoms with Crippen LogP contribution in [0.15, 0.2) is 18.2 Å². The van der Waals surface area contributed by atoms with Crippen molar-refractivity contribution in [1.29, 1.82) is 0 Å². The Morgan fingerprint density at radius 2 is 2.03 bits per heavy atom. The minimum Gasteiger partial charge on any atom is -0.369 e. The normalized spacial score (nSPS) is 21.0. The highest BCUT2D eigenvalue weighted by Gasteiger charge is 2.27. The van der Waals surface area contributed by atoms with Gasteiger partial charge >= 0.3 is 0 Å². The fourth-order valence-corrected chi connectivity index (χ4v) is 4.73. The van der Waals surface area contributed by atoms with Gasteiger partial charge in [-0.1, -0.05) is 13.0 Å². The lowest BCUT2D eigenvalue weighted by Crippen LogP contribution is -2.47. The summed E-state index contributed by atoms with van der Waals surface area (Å²) < 4.78 is 5.99. The molecule has 7 nitrogen and oxygen atoms in total. The van der Waals surface area contributed by atoms with Gasteiger partial charge in [-0.15, -0.1) is 11.3 Å². The van der Waals surface area contributed by atoms with Crippen molar-refractivity contribution < 1.29 is 9.53 Å². The number of nitrogens with one attached hydrogen (secondary N) is 1. The molecule has 8 heteroatoms. The predicted octanol–water partition coefficient (Wildman–Crippen LogP) is 3.53. The lowest BCUT2D eigenvalue weighted by Gasteiger charge is -2.35. The summed E-state index contributed by atoms with van der Waals surface area (Å²) >= 11 is 1.63. The van der Waals surface area contributed by atoms with Crippen molar-refractivity contribution in [2.75, 3.05) is 44.6 Å². The molecule has 0 unspecified atom stereocenters. The molecule has 2 aromatic heterocycles. The third kappa shape index (κ3) is 5.17. The van der Waals surface area contributed by atoms with Crippen LogP contribution in [0.2, 0.25) is 0 Å². The second-order valence-electron chi connectivity index (χ2n) is 8.39. The van der Waals surface area contributed by atoms with Gasteiger partial charge in [0.05, 0.1) is 24.5 Å². The number of nitrogens with zero attached hydrogens (tertiary/aromatic N) is 4. The van der Waals surface area contributed by atoms with Crippen LogP contribution in [-0.2, 0) is 9.53 Å². The van der Waals surface area contributed by atoms with E-state index in [1.54, 1.807) is 11.3 Å². The number of morpholine rings is 1. The number of aromatic nitrogens is 2. The van der Waals surface area contributed by atoms with Gasteiger partial charge in [-0.3, -0.25) is 9.69 Å². The number of piperidine rings is 1. The maximum atomic E-state index is 12.7. The fraction of sp³-hybridized carbons (Fsp3) is 0.591. The molecular formula is C22H31N5O2S. The highest BCUT2D eigenvalue weighted by atomic mass is 32.1. The maximum absolute atomic E-state index is 12.7. The smallest absolute Gasteiger partial charge is 0.236 e. The Balaban J connectivity index is 1.36. The molecule has 4 heterocycles. The minimum atomic E-state index is -0.130. The van der Waals surface area contributed by atoms with Crippen LogP contribution >= 0.6 is 11.3 Å². The summed E-state index contributed by atoms with van der Waals surface area (Å²) in [4.78, 5) is 27.4. The zero-order chi connectivity index (χ0) is 21.1. The number of amides is 1. The van der Waals surface area contributed by atoms with Crippen molar-refractivity contribution in [3.05, 3.63) is 34.5 Å².